The smallest absolute Gasteiger partial charge is 0.247 e. The molecule has 2 heterocycles. The van der Waals surface area contributed by atoms with Gasteiger partial charge in [0, 0.05) is 11.6 Å². The van der Waals surface area contributed by atoms with E-state index in [4.69, 9.17) is 10.5 Å². The molecule has 1 aliphatic heterocycles. The highest BCUT2D eigenvalue weighted by Gasteiger charge is 2.40. The molecule has 1 radical (unpaired) electrons. The minimum atomic E-state index is -0.545. The molecule has 1 amide bonds. The second-order valence-corrected chi connectivity index (χ2v) is 3.35. The minimum Gasteiger partial charge on any atom is -0.367 e. The lowest BCUT2D eigenvalue weighted by Gasteiger charge is -2.31. The zero-order valence-corrected chi connectivity index (χ0v) is 7.00. The van der Waals surface area contributed by atoms with Crippen LogP contribution in [0.15, 0.2) is 11.6 Å². The van der Waals surface area contributed by atoms with Crippen molar-refractivity contribution in [3.05, 3.63) is 22.5 Å². The lowest BCUT2D eigenvalue weighted by atomic mass is 9.98. The van der Waals surface area contributed by atoms with Gasteiger partial charge in [0.2, 0.25) is 5.91 Å². The molecule has 1 saturated heterocycles. The topological polar surface area (TPSA) is 65.2 Å². The van der Waals surface area contributed by atoms with Crippen LogP contribution in [-0.4, -0.2) is 23.6 Å². The Morgan fingerprint density at radius 1 is 1.83 bits per heavy atom. The van der Waals surface area contributed by atoms with Crippen LogP contribution < -0.4 is 5.73 Å². The van der Waals surface area contributed by atoms with E-state index in [2.05, 4.69) is 4.98 Å². The summed E-state index contributed by atoms with van der Waals surface area (Å²) < 4.78 is 4.98. The van der Waals surface area contributed by atoms with Crippen LogP contribution in [0.2, 0.25) is 0 Å². The summed E-state index contributed by atoms with van der Waals surface area (Å²) in [6.07, 6.45) is 1.15. The van der Waals surface area contributed by atoms with Gasteiger partial charge in [0.15, 0.2) is 6.10 Å². The van der Waals surface area contributed by atoms with Crippen molar-refractivity contribution in [1.29, 1.82) is 0 Å². The van der Waals surface area contributed by atoms with Crippen molar-refractivity contribution in [2.45, 2.75) is 6.10 Å². The average molecular weight is 183 g/mol. The van der Waals surface area contributed by atoms with Gasteiger partial charge in [-0.15, -0.1) is 11.3 Å². The molecule has 2 N–H and O–H groups in total. The average Bonchev–Trinajstić information content (AvgIpc) is 2.35. The molecule has 4 nitrogen and oxygen atoms in total. The highest BCUT2D eigenvalue weighted by molar-refractivity contribution is 7.09. The molecule has 0 aromatic carbocycles. The number of nitrogens with two attached hydrogens (primary N) is 1. The molecule has 0 bridgehead atoms. The summed E-state index contributed by atoms with van der Waals surface area (Å²) in [4.78, 5) is 14.8. The number of aromatic nitrogens is 1. The van der Waals surface area contributed by atoms with Gasteiger partial charge in [-0.1, -0.05) is 0 Å². The molecule has 12 heavy (non-hydrogen) atoms. The molecule has 5 heteroatoms. The van der Waals surface area contributed by atoms with E-state index in [0.717, 1.165) is 10.9 Å². The number of rotatable bonds is 2. The van der Waals surface area contributed by atoms with Crippen molar-refractivity contribution < 1.29 is 9.53 Å². The molecular formula is C7H7N2O2S. The minimum absolute atomic E-state index is 0.438. The van der Waals surface area contributed by atoms with Crippen LogP contribution >= 0.6 is 11.3 Å². The number of hydrogen-bond acceptors (Lipinski definition) is 4. The van der Waals surface area contributed by atoms with E-state index in [1.54, 1.807) is 6.20 Å². The standard InChI is InChI=1S/C7H7N2O2S/c8-6(10)5-4(3-11-5)7-9-1-2-12-7/h1-2,5H,3H2,(H2,8,10). The number of primary amides is 1. The number of hydrogen-bond donors (Lipinski definition) is 1. The number of carbonyl (C=O) groups is 1. The van der Waals surface area contributed by atoms with Crippen molar-refractivity contribution in [3.63, 3.8) is 0 Å². The molecule has 1 aromatic rings. The van der Waals surface area contributed by atoms with Gasteiger partial charge in [-0.2, -0.15) is 0 Å². The molecular weight excluding hydrogens is 176 g/mol. The number of thiazole rings is 1. The van der Waals surface area contributed by atoms with Crippen LogP contribution in [0.5, 0.6) is 0 Å². The first-order valence-electron chi connectivity index (χ1n) is 3.45. The fourth-order valence-electron chi connectivity index (χ4n) is 1.06. The van der Waals surface area contributed by atoms with Crippen molar-refractivity contribution in [1.82, 2.24) is 4.98 Å². The third-order valence-electron chi connectivity index (χ3n) is 1.69. The van der Waals surface area contributed by atoms with Gasteiger partial charge in [0.1, 0.15) is 5.01 Å². The molecule has 1 fully saturated rings. The van der Waals surface area contributed by atoms with Gasteiger partial charge in [0.05, 0.1) is 12.5 Å². The van der Waals surface area contributed by atoms with E-state index >= 15 is 0 Å². The third-order valence-corrected chi connectivity index (χ3v) is 2.54. The van der Waals surface area contributed by atoms with E-state index in [0.29, 0.717) is 6.61 Å². The molecule has 1 unspecified atom stereocenters. The van der Waals surface area contributed by atoms with E-state index in [-0.39, 0.29) is 0 Å². The maximum absolute atomic E-state index is 10.7. The summed E-state index contributed by atoms with van der Waals surface area (Å²) in [6.45, 7) is 0.473. The third kappa shape index (κ3) is 1.11. The van der Waals surface area contributed by atoms with Crippen LogP contribution in [0.3, 0.4) is 0 Å². The van der Waals surface area contributed by atoms with Gasteiger partial charge in [-0.25, -0.2) is 4.98 Å². The molecule has 1 aliphatic rings. The number of amides is 1. The van der Waals surface area contributed by atoms with Crippen LogP contribution in [0, 0.1) is 5.92 Å². The van der Waals surface area contributed by atoms with E-state index < -0.39 is 12.0 Å². The van der Waals surface area contributed by atoms with Crippen LogP contribution in [0.1, 0.15) is 5.01 Å². The molecule has 0 aliphatic carbocycles. The summed E-state index contributed by atoms with van der Waals surface area (Å²) in [5.74, 6) is 0.462. The number of nitrogens with zero attached hydrogens (tertiary/aromatic N) is 1. The molecule has 2 rings (SSSR count). The second kappa shape index (κ2) is 2.84. The molecule has 1 atom stereocenters. The Labute approximate surface area is 73.4 Å². The quantitative estimate of drug-likeness (QED) is 0.699. The molecule has 63 valence electrons. The summed E-state index contributed by atoms with van der Waals surface area (Å²) in [5, 5.41) is 2.71. The molecule has 0 spiro atoms. The fraction of sp³-hybridized carbons (Fsp3) is 0.286. The first-order valence-corrected chi connectivity index (χ1v) is 4.33. The Kier molecular flexibility index (Phi) is 1.82. The Morgan fingerprint density at radius 2 is 2.67 bits per heavy atom. The Hall–Kier alpha value is -0.940. The number of carbonyl (C=O) groups excluding carboxylic acids is 1. The largest absolute Gasteiger partial charge is 0.367 e. The zero-order chi connectivity index (χ0) is 8.55. The van der Waals surface area contributed by atoms with E-state index in [1.165, 1.54) is 11.3 Å². The summed E-state index contributed by atoms with van der Waals surface area (Å²) >= 11 is 1.49. The predicted molar refractivity (Wildman–Crippen MR) is 43.4 cm³/mol. The highest BCUT2D eigenvalue weighted by Crippen LogP contribution is 2.30. The van der Waals surface area contributed by atoms with Gasteiger partial charge < -0.3 is 10.5 Å². The van der Waals surface area contributed by atoms with Crippen molar-refractivity contribution in [3.8, 4) is 0 Å². The normalized spacial score (nSPS) is 23.5. The maximum Gasteiger partial charge on any atom is 0.247 e. The van der Waals surface area contributed by atoms with Gasteiger partial charge >= 0.3 is 0 Å². The molecule has 0 saturated carbocycles. The van der Waals surface area contributed by atoms with E-state index in [9.17, 15) is 4.79 Å². The summed E-state index contributed by atoms with van der Waals surface area (Å²) in [6, 6.07) is 0. The monoisotopic (exact) mass is 183 g/mol. The second-order valence-electron chi connectivity index (χ2n) is 2.46. The lowest BCUT2D eigenvalue weighted by molar-refractivity contribution is -0.135. The number of ether oxygens (including phenoxy) is 1. The van der Waals surface area contributed by atoms with Crippen LogP contribution in [0.25, 0.3) is 0 Å². The van der Waals surface area contributed by atoms with Gasteiger partial charge in [0.25, 0.3) is 0 Å². The highest BCUT2D eigenvalue weighted by atomic mass is 32.1. The van der Waals surface area contributed by atoms with Crippen molar-refractivity contribution in [2.24, 2.45) is 5.73 Å². The van der Waals surface area contributed by atoms with Crippen LogP contribution in [-0.2, 0) is 9.53 Å². The van der Waals surface area contributed by atoms with E-state index in [1.807, 2.05) is 5.38 Å². The van der Waals surface area contributed by atoms with Crippen LogP contribution in [0.4, 0.5) is 0 Å². The van der Waals surface area contributed by atoms with Gasteiger partial charge in [-0.3, -0.25) is 4.79 Å². The predicted octanol–water partition coefficient (Wildman–Crippen LogP) is -0.0502. The first kappa shape index (κ1) is 7.70. The van der Waals surface area contributed by atoms with Gasteiger partial charge in [-0.05, 0) is 0 Å². The fourth-order valence-corrected chi connectivity index (χ4v) is 1.75. The lowest BCUT2D eigenvalue weighted by Crippen LogP contribution is -2.47. The van der Waals surface area contributed by atoms with Crippen molar-refractivity contribution >= 4 is 17.2 Å². The Balaban J connectivity index is 2.12. The van der Waals surface area contributed by atoms with Crippen molar-refractivity contribution in [2.75, 3.05) is 6.61 Å². The first-order chi connectivity index (χ1) is 5.79. The summed E-state index contributed by atoms with van der Waals surface area (Å²) in [7, 11) is 0. The Bertz CT molecular complexity index is 286. The summed E-state index contributed by atoms with van der Waals surface area (Å²) in [5.41, 5.74) is 5.09. The zero-order valence-electron chi connectivity index (χ0n) is 6.19. The maximum atomic E-state index is 10.7. The molecule has 1 aromatic heterocycles. The Morgan fingerprint density at radius 3 is 3.08 bits per heavy atom. The SMILES string of the molecule is NC(=O)C1OC[C]1c1nccs1.